The van der Waals surface area contributed by atoms with Gasteiger partial charge in [-0.25, -0.2) is 0 Å². The maximum Gasteiger partial charge on any atom is 0.227 e. The van der Waals surface area contributed by atoms with E-state index in [1.807, 2.05) is 59.5 Å². The first kappa shape index (κ1) is 24.4. The summed E-state index contributed by atoms with van der Waals surface area (Å²) < 4.78 is 5.88. The van der Waals surface area contributed by atoms with Crippen LogP contribution in [0.2, 0.25) is 0 Å². The molecule has 0 bridgehead atoms. The molecule has 2 aliphatic rings. The van der Waals surface area contributed by atoms with Crippen LogP contribution >= 0.6 is 0 Å². The molecule has 4 rings (SSSR count). The van der Waals surface area contributed by atoms with E-state index in [1.54, 1.807) is 0 Å². The van der Waals surface area contributed by atoms with E-state index in [0.29, 0.717) is 44.3 Å². The van der Waals surface area contributed by atoms with Gasteiger partial charge in [0.2, 0.25) is 5.91 Å². The lowest BCUT2D eigenvalue weighted by atomic mass is 10.1. The number of piperazine rings is 1. The maximum absolute atomic E-state index is 12.8. The summed E-state index contributed by atoms with van der Waals surface area (Å²) in [7, 11) is 0. The van der Waals surface area contributed by atoms with Crippen molar-refractivity contribution in [3.8, 4) is 5.75 Å². The molecule has 0 unspecified atom stereocenters. The highest BCUT2D eigenvalue weighted by Crippen LogP contribution is 2.17. The van der Waals surface area contributed by atoms with Crippen LogP contribution in [0.3, 0.4) is 0 Å². The number of benzene rings is 2. The Balaban J connectivity index is 1.15. The minimum absolute atomic E-state index is 0.110. The minimum atomic E-state index is 0.110. The Hall–Kier alpha value is -2.70. The Morgan fingerprint density at radius 3 is 2.35 bits per heavy atom. The quantitative estimate of drug-likeness (QED) is 0.399. The number of Topliss-reactive ketones (excluding diaryl/α,β-unsaturated/α-hetero) is 1. The number of nitrogens with zero attached hydrogens (tertiary/aromatic N) is 3. The molecule has 0 radical (unpaired) electrons. The van der Waals surface area contributed by atoms with Crippen LogP contribution in [0.15, 0.2) is 54.6 Å². The number of ketones is 1. The fourth-order valence-electron chi connectivity index (χ4n) is 4.85. The highest BCUT2D eigenvalue weighted by atomic mass is 16.5. The van der Waals surface area contributed by atoms with Crippen LogP contribution in [0.4, 0.5) is 0 Å². The average Bonchev–Trinajstić information content (AvgIpc) is 3.27. The van der Waals surface area contributed by atoms with Crippen molar-refractivity contribution in [3.05, 3.63) is 65.7 Å². The van der Waals surface area contributed by atoms with Crippen LogP contribution in [0.25, 0.3) is 0 Å². The second-order valence-electron chi connectivity index (χ2n) is 9.50. The zero-order valence-electron chi connectivity index (χ0n) is 20.3. The van der Waals surface area contributed by atoms with Crippen molar-refractivity contribution in [2.24, 2.45) is 0 Å². The molecule has 34 heavy (non-hydrogen) atoms. The standard InChI is InChI=1S/C28H37N3O3/c1-23-7-5-14-30(23)15-6-20-34-26-12-10-25(11-13-26)27(32)22-29-16-18-31(19-17-29)28(33)21-24-8-3-2-4-9-24/h2-4,8-13,23H,5-7,14-22H2,1H3/t23-/m1/s1. The number of hydrogen-bond acceptors (Lipinski definition) is 5. The number of rotatable bonds is 10. The third kappa shape index (κ3) is 6.90. The number of ether oxygens (including phenoxy) is 1. The predicted octanol–water partition coefficient (Wildman–Crippen LogP) is 3.51. The number of carbonyl (C=O) groups is 2. The van der Waals surface area contributed by atoms with Crippen LogP contribution in [-0.4, -0.2) is 84.9 Å². The summed E-state index contributed by atoms with van der Waals surface area (Å²) in [6.45, 7) is 8.46. The van der Waals surface area contributed by atoms with Gasteiger partial charge in [-0.3, -0.25) is 14.5 Å². The van der Waals surface area contributed by atoms with Gasteiger partial charge in [0.1, 0.15) is 5.75 Å². The van der Waals surface area contributed by atoms with E-state index in [0.717, 1.165) is 37.4 Å². The highest BCUT2D eigenvalue weighted by Gasteiger charge is 2.23. The summed E-state index contributed by atoms with van der Waals surface area (Å²) >= 11 is 0. The summed E-state index contributed by atoms with van der Waals surface area (Å²) in [5.41, 5.74) is 1.75. The Morgan fingerprint density at radius 2 is 1.68 bits per heavy atom. The third-order valence-electron chi connectivity index (χ3n) is 7.02. The first-order valence-corrected chi connectivity index (χ1v) is 12.6. The summed E-state index contributed by atoms with van der Waals surface area (Å²) in [4.78, 5) is 31.9. The van der Waals surface area contributed by atoms with Gasteiger partial charge in [0.25, 0.3) is 0 Å². The van der Waals surface area contributed by atoms with Gasteiger partial charge >= 0.3 is 0 Å². The SMILES string of the molecule is C[C@@H]1CCCN1CCCOc1ccc(C(=O)CN2CCN(C(=O)Cc3ccccc3)CC2)cc1. The van der Waals surface area contributed by atoms with Gasteiger partial charge in [0, 0.05) is 44.3 Å². The van der Waals surface area contributed by atoms with E-state index in [-0.39, 0.29) is 11.7 Å². The monoisotopic (exact) mass is 463 g/mol. The van der Waals surface area contributed by atoms with Gasteiger partial charge in [-0.15, -0.1) is 0 Å². The first-order chi connectivity index (χ1) is 16.6. The zero-order valence-corrected chi connectivity index (χ0v) is 20.3. The van der Waals surface area contributed by atoms with Crippen molar-refractivity contribution >= 4 is 11.7 Å². The van der Waals surface area contributed by atoms with E-state index in [4.69, 9.17) is 4.74 Å². The van der Waals surface area contributed by atoms with Crippen molar-refractivity contribution in [3.63, 3.8) is 0 Å². The Morgan fingerprint density at radius 1 is 0.941 bits per heavy atom. The first-order valence-electron chi connectivity index (χ1n) is 12.6. The Bertz CT molecular complexity index is 924. The molecule has 2 fully saturated rings. The molecular weight excluding hydrogens is 426 g/mol. The maximum atomic E-state index is 12.8. The second-order valence-corrected chi connectivity index (χ2v) is 9.50. The lowest BCUT2D eigenvalue weighted by Crippen LogP contribution is -2.50. The molecule has 2 aromatic carbocycles. The molecule has 0 spiro atoms. The van der Waals surface area contributed by atoms with Crippen LogP contribution in [-0.2, 0) is 11.2 Å². The molecule has 0 N–H and O–H groups in total. The fourth-order valence-corrected chi connectivity index (χ4v) is 4.85. The molecule has 0 aromatic heterocycles. The predicted molar refractivity (Wildman–Crippen MR) is 134 cm³/mol. The van der Waals surface area contributed by atoms with E-state index in [9.17, 15) is 9.59 Å². The fraction of sp³-hybridized carbons (Fsp3) is 0.500. The van der Waals surface area contributed by atoms with Crippen molar-refractivity contribution in [2.75, 3.05) is 52.4 Å². The lowest BCUT2D eigenvalue weighted by Gasteiger charge is -2.34. The van der Waals surface area contributed by atoms with E-state index in [2.05, 4.69) is 16.7 Å². The summed E-state index contributed by atoms with van der Waals surface area (Å²) in [5.74, 6) is 1.08. The molecule has 6 nitrogen and oxygen atoms in total. The molecule has 2 aromatic rings. The molecule has 1 amide bonds. The Labute approximate surface area is 203 Å². The molecule has 6 heteroatoms. The smallest absolute Gasteiger partial charge is 0.227 e. The number of hydrogen-bond donors (Lipinski definition) is 0. The molecule has 2 aliphatic heterocycles. The molecule has 1 atom stereocenters. The number of carbonyl (C=O) groups excluding carboxylic acids is 2. The molecule has 2 heterocycles. The van der Waals surface area contributed by atoms with Gasteiger partial charge in [-0.1, -0.05) is 30.3 Å². The van der Waals surface area contributed by atoms with E-state index in [1.165, 1.54) is 19.4 Å². The molecule has 0 saturated carbocycles. The van der Waals surface area contributed by atoms with Gasteiger partial charge in [-0.05, 0) is 62.6 Å². The van der Waals surface area contributed by atoms with Crippen molar-refractivity contribution in [1.82, 2.24) is 14.7 Å². The van der Waals surface area contributed by atoms with Crippen molar-refractivity contribution in [2.45, 2.75) is 38.6 Å². The highest BCUT2D eigenvalue weighted by molar-refractivity contribution is 5.97. The number of amides is 1. The molecule has 2 saturated heterocycles. The van der Waals surface area contributed by atoms with Crippen LogP contribution in [0, 0.1) is 0 Å². The van der Waals surface area contributed by atoms with Gasteiger partial charge in [0.05, 0.1) is 19.6 Å². The van der Waals surface area contributed by atoms with Crippen LogP contribution in [0.1, 0.15) is 42.1 Å². The van der Waals surface area contributed by atoms with E-state index >= 15 is 0 Å². The topological polar surface area (TPSA) is 53.1 Å². The number of likely N-dealkylation sites (tertiary alicyclic amines) is 1. The average molecular weight is 464 g/mol. The van der Waals surface area contributed by atoms with Crippen LogP contribution < -0.4 is 4.74 Å². The van der Waals surface area contributed by atoms with Gasteiger partial charge in [-0.2, -0.15) is 0 Å². The lowest BCUT2D eigenvalue weighted by molar-refractivity contribution is -0.132. The molecular formula is C28H37N3O3. The zero-order chi connectivity index (χ0) is 23.8. The largest absolute Gasteiger partial charge is 0.494 e. The van der Waals surface area contributed by atoms with Crippen LogP contribution in [0.5, 0.6) is 5.75 Å². The van der Waals surface area contributed by atoms with Crippen molar-refractivity contribution < 1.29 is 14.3 Å². The van der Waals surface area contributed by atoms with Gasteiger partial charge < -0.3 is 14.5 Å². The minimum Gasteiger partial charge on any atom is -0.494 e. The summed E-state index contributed by atoms with van der Waals surface area (Å²) in [6.07, 6.45) is 4.06. The molecule has 0 aliphatic carbocycles. The molecule has 182 valence electrons. The summed E-state index contributed by atoms with van der Waals surface area (Å²) in [5, 5.41) is 0. The van der Waals surface area contributed by atoms with Crippen molar-refractivity contribution in [1.29, 1.82) is 0 Å². The van der Waals surface area contributed by atoms with E-state index < -0.39 is 0 Å². The van der Waals surface area contributed by atoms with Gasteiger partial charge in [0.15, 0.2) is 5.78 Å². The Kier molecular flexibility index (Phi) is 8.72. The third-order valence-corrected chi connectivity index (χ3v) is 7.02. The summed E-state index contributed by atoms with van der Waals surface area (Å²) in [6, 6.07) is 18.1. The second kappa shape index (κ2) is 12.1. The normalized spacial score (nSPS) is 19.3.